The van der Waals surface area contributed by atoms with Gasteiger partial charge in [-0.05, 0) is 41.8 Å². The highest BCUT2D eigenvalue weighted by Crippen LogP contribution is 2.32. The van der Waals surface area contributed by atoms with Crippen LogP contribution < -0.4 is 19.7 Å². The van der Waals surface area contributed by atoms with Crippen LogP contribution in [0.3, 0.4) is 0 Å². The Kier molecular flexibility index (Phi) is 7.72. The molecule has 1 fully saturated rings. The van der Waals surface area contributed by atoms with Crippen molar-refractivity contribution in [1.82, 2.24) is 15.2 Å². The van der Waals surface area contributed by atoms with Crippen LogP contribution in [0.2, 0.25) is 0 Å². The van der Waals surface area contributed by atoms with Crippen molar-refractivity contribution in [3.8, 4) is 29.1 Å². The van der Waals surface area contributed by atoms with Crippen LogP contribution in [-0.4, -0.2) is 71.7 Å². The first kappa shape index (κ1) is 28.1. The van der Waals surface area contributed by atoms with E-state index in [4.69, 9.17) is 9.47 Å². The number of hydrogen-bond donors (Lipinski definition) is 2. The molecule has 1 unspecified atom stereocenters. The molecule has 2 amide bonds. The number of likely N-dealkylation sites (N-methyl/N-ethyl adjacent to an activating group) is 1. The number of anilines is 1. The summed E-state index contributed by atoms with van der Waals surface area (Å²) in [6, 6.07) is 16.7. The number of β-amino-alcohol motifs (C(OH)–C–C–N with tert-alkyl or cyclic N) is 1. The van der Waals surface area contributed by atoms with Crippen LogP contribution in [0.4, 0.5) is 5.69 Å². The second-order valence-electron chi connectivity index (χ2n) is 11.7. The van der Waals surface area contributed by atoms with Gasteiger partial charge in [-0.1, -0.05) is 50.8 Å². The summed E-state index contributed by atoms with van der Waals surface area (Å²) in [6.07, 6.45) is 1.48. The molecule has 0 spiro atoms. The number of nitrogens with one attached hydrogen (secondary N) is 1. The summed E-state index contributed by atoms with van der Waals surface area (Å²) in [7, 11) is 1.63. The Balaban J connectivity index is 1.24. The van der Waals surface area contributed by atoms with Crippen LogP contribution in [0, 0.1) is 17.3 Å². The summed E-state index contributed by atoms with van der Waals surface area (Å²) >= 11 is 0. The molecule has 0 saturated carbocycles. The van der Waals surface area contributed by atoms with Gasteiger partial charge in [0.15, 0.2) is 5.60 Å². The zero-order chi connectivity index (χ0) is 29.2. The number of amides is 2. The van der Waals surface area contributed by atoms with Crippen LogP contribution in [0.1, 0.15) is 36.8 Å². The monoisotopic (exact) mass is 554 g/mol. The molecule has 2 N–H and O–H groups in total. The second kappa shape index (κ2) is 11.2. The normalized spacial score (nSPS) is 18.1. The minimum atomic E-state index is -1.05. The highest BCUT2D eigenvalue weighted by atomic mass is 16.5. The SMILES string of the molecule is CN1C(=O)C(NC(=O)c2cc(Oc3ccccc3)ccn2)COc2ccc(C#CC3(O)CN(CC(C)(C)C)C3)cc21. The number of carbonyl (C=O) groups excluding carboxylic acids is 2. The molecule has 1 atom stereocenters. The van der Waals surface area contributed by atoms with E-state index in [1.165, 1.54) is 17.2 Å². The highest BCUT2D eigenvalue weighted by molar-refractivity contribution is 6.03. The Morgan fingerprint density at radius 1 is 1.15 bits per heavy atom. The molecule has 1 saturated heterocycles. The van der Waals surface area contributed by atoms with Gasteiger partial charge in [0, 0.05) is 44.5 Å². The fraction of sp³-hybridized carbons (Fsp3) is 0.344. The number of aromatic nitrogens is 1. The molecule has 1 aromatic heterocycles. The minimum absolute atomic E-state index is 0.0451. The number of hydrogen-bond acceptors (Lipinski definition) is 7. The average molecular weight is 555 g/mol. The molecule has 0 bridgehead atoms. The van der Waals surface area contributed by atoms with Crippen LogP contribution in [0.5, 0.6) is 17.2 Å². The summed E-state index contributed by atoms with van der Waals surface area (Å²) in [4.78, 5) is 34.1. The lowest BCUT2D eigenvalue weighted by molar-refractivity contribution is -0.120. The van der Waals surface area contributed by atoms with Crippen molar-refractivity contribution in [1.29, 1.82) is 0 Å². The van der Waals surface area contributed by atoms with Gasteiger partial charge in [-0.3, -0.25) is 19.5 Å². The Morgan fingerprint density at radius 3 is 2.63 bits per heavy atom. The predicted octanol–water partition coefficient (Wildman–Crippen LogP) is 3.47. The van der Waals surface area contributed by atoms with Crippen molar-refractivity contribution < 1.29 is 24.2 Å². The first-order valence-electron chi connectivity index (χ1n) is 13.5. The van der Waals surface area contributed by atoms with E-state index in [1.54, 1.807) is 31.3 Å². The number of pyridine rings is 1. The summed E-state index contributed by atoms with van der Waals surface area (Å²) in [5, 5.41) is 13.5. The standard InChI is InChI=1S/C32H34N4O5/c1-31(2,3)19-36-20-32(39,21-36)14-12-22-10-11-28-27(16-22)35(4)30(38)26(18-40-28)34-29(37)25-17-24(13-15-33-25)41-23-8-6-5-7-9-23/h5-11,13,15-17,26,39H,18-21H2,1-4H3,(H,34,37). The van der Waals surface area contributed by atoms with Crippen molar-refractivity contribution in [2.75, 3.05) is 38.2 Å². The molecule has 2 aromatic carbocycles. The van der Waals surface area contributed by atoms with E-state index in [9.17, 15) is 14.7 Å². The zero-order valence-corrected chi connectivity index (χ0v) is 23.7. The van der Waals surface area contributed by atoms with Crippen LogP contribution in [0.15, 0.2) is 66.9 Å². The molecular weight excluding hydrogens is 520 g/mol. The lowest BCUT2D eigenvalue weighted by atomic mass is 9.89. The van der Waals surface area contributed by atoms with Gasteiger partial charge < -0.3 is 24.8 Å². The van der Waals surface area contributed by atoms with Gasteiger partial charge in [0.1, 0.15) is 35.6 Å². The largest absolute Gasteiger partial charge is 0.489 e. The predicted molar refractivity (Wildman–Crippen MR) is 155 cm³/mol. The van der Waals surface area contributed by atoms with Gasteiger partial charge in [0.2, 0.25) is 0 Å². The van der Waals surface area contributed by atoms with Crippen molar-refractivity contribution in [2.24, 2.45) is 5.41 Å². The lowest BCUT2D eigenvalue weighted by Gasteiger charge is -2.45. The lowest BCUT2D eigenvalue weighted by Crippen LogP contribution is -2.62. The Bertz CT molecular complexity index is 1500. The molecule has 2 aliphatic rings. The van der Waals surface area contributed by atoms with E-state index in [-0.39, 0.29) is 23.6 Å². The number of ether oxygens (including phenoxy) is 2. The maximum absolute atomic E-state index is 13.3. The molecule has 0 radical (unpaired) electrons. The fourth-order valence-electron chi connectivity index (χ4n) is 4.88. The van der Waals surface area contributed by atoms with Crippen molar-refractivity contribution >= 4 is 17.5 Å². The summed E-state index contributed by atoms with van der Waals surface area (Å²) < 4.78 is 11.7. The maximum atomic E-state index is 13.3. The number of rotatable bonds is 5. The van der Waals surface area contributed by atoms with Gasteiger partial charge in [0.25, 0.3) is 11.8 Å². The molecule has 212 valence electrons. The van der Waals surface area contributed by atoms with E-state index in [1.807, 2.05) is 30.3 Å². The highest BCUT2D eigenvalue weighted by Gasteiger charge is 2.41. The molecule has 5 rings (SSSR count). The van der Waals surface area contributed by atoms with E-state index in [0.29, 0.717) is 41.6 Å². The van der Waals surface area contributed by atoms with Crippen molar-refractivity contribution in [3.63, 3.8) is 0 Å². The molecular formula is C32H34N4O5. The third kappa shape index (κ3) is 6.85. The molecule has 3 aromatic rings. The van der Waals surface area contributed by atoms with Crippen molar-refractivity contribution in [2.45, 2.75) is 32.4 Å². The molecule has 9 nitrogen and oxygen atoms in total. The van der Waals surface area contributed by atoms with Crippen LogP contribution in [-0.2, 0) is 4.79 Å². The molecule has 2 aliphatic heterocycles. The second-order valence-corrected chi connectivity index (χ2v) is 11.7. The molecule has 3 heterocycles. The summed E-state index contributed by atoms with van der Waals surface area (Å²) in [5.41, 5.74) is 0.394. The van der Waals surface area contributed by atoms with E-state index < -0.39 is 17.6 Å². The number of nitrogens with zero attached hydrogens (tertiary/aromatic N) is 3. The van der Waals surface area contributed by atoms with Crippen LogP contribution >= 0.6 is 0 Å². The fourth-order valence-corrected chi connectivity index (χ4v) is 4.88. The Hall–Kier alpha value is -4.39. The molecule has 0 aliphatic carbocycles. The van der Waals surface area contributed by atoms with Gasteiger partial charge in [-0.15, -0.1) is 0 Å². The Morgan fingerprint density at radius 2 is 1.90 bits per heavy atom. The third-order valence-electron chi connectivity index (χ3n) is 6.71. The number of carbonyl (C=O) groups is 2. The van der Waals surface area contributed by atoms with E-state index in [2.05, 4.69) is 47.8 Å². The van der Waals surface area contributed by atoms with Crippen molar-refractivity contribution in [3.05, 3.63) is 78.1 Å². The summed E-state index contributed by atoms with van der Waals surface area (Å²) in [6.45, 7) is 8.34. The zero-order valence-electron chi connectivity index (χ0n) is 23.7. The third-order valence-corrected chi connectivity index (χ3v) is 6.71. The Labute approximate surface area is 240 Å². The van der Waals surface area contributed by atoms with Gasteiger partial charge in [-0.25, -0.2) is 0 Å². The quantitative estimate of drug-likeness (QED) is 0.466. The van der Waals surface area contributed by atoms with Crippen LogP contribution in [0.25, 0.3) is 0 Å². The van der Waals surface area contributed by atoms with E-state index >= 15 is 0 Å². The minimum Gasteiger partial charge on any atom is -0.489 e. The first-order valence-corrected chi connectivity index (χ1v) is 13.5. The molecule has 9 heteroatoms. The van der Waals surface area contributed by atoms with Gasteiger partial charge in [-0.2, -0.15) is 0 Å². The first-order chi connectivity index (χ1) is 19.5. The number of benzene rings is 2. The maximum Gasteiger partial charge on any atom is 0.270 e. The molecule has 41 heavy (non-hydrogen) atoms. The average Bonchev–Trinajstić information content (AvgIpc) is 3.03. The van der Waals surface area contributed by atoms with E-state index in [0.717, 1.165) is 6.54 Å². The summed E-state index contributed by atoms with van der Waals surface area (Å²) in [5.74, 6) is 6.77. The smallest absolute Gasteiger partial charge is 0.270 e. The van der Waals surface area contributed by atoms with Gasteiger partial charge >= 0.3 is 0 Å². The number of likely N-dealkylation sites (tertiary alicyclic amines) is 1. The number of aliphatic hydroxyl groups is 1. The number of para-hydroxylation sites is 1. The topological polar surface area (TPSA) is 104 Å². The number of fused-ring (bicyclic) bond motifs is 1. The van der Waals surface area contributed by atoms with Gasteiger partial charge in [0.05, 0.1) is 5.69 Å².